The van der Waals surface area contributed by atoms with Gasteiger partial charge in [0.2, 0.25) is 0 Å². The molecule has 3 unspecified atom stereocenters. The molecule has 0 spiro atoms. The van der Waals surface area contributed by atoms with Gasteiger partial charge in [0.25, 0.3) is 0 Å². The molecule has 3 N–H and O–H groups in total. The largest absolute Gasteiger partial charge is 0.320 e. The first-order valence-electron chi connectivity index (χ1n) is 10.7. The molecule has 1 aliphatic heterocycles. The van der Waals surface area contributed by atoms with Crippen LogP contribution in [-0.2, 0) is 0 Å². The quantitative estimate of drug-likeness (QED) is 0.513. The van der Waals surface area contributed by atoms with Crippen molar-refractivity contribution in [3.8, 4) is 0 Å². The standard InChI is InChI=1S/C21H46N3/c1-6-10-12-19(8-3)14-24(15-20(9-4)13-11-7-2)17-21(5,22)16-23-18-24/h19-20,23H,6-18,22H2,1-5H3/q+1. The molecule has 24 heavy (non-hydrogen) atoms. The van der Waals surface area contributed by atoms with Gasteiger partial charge in [-0.15, -0.1) is 0 Å². The number of hydrogen-bond donors (Lipinski definition) is 2. The molecule has 0 amide bonds. The summed E-state index contributed by atoms with van der Waals surface area (Å²) in [4.78, 5) is 0. The van der Waals surface area contributed by atoms with Gasteiger partial charge in [-0.25, -0.2) is 0 Å². The number of quaternary nitrogens is 1. The first kappa shape index (κ1) is 21.9. The van der Waals surface area contributed by atoms with Crippen molar-refractivity contribution in [2.24, 2.45) is 17.6 Å². The summed E-state index contributed by atoms with van der Waals surface area (Å²) in [5.41, 5.74) is 6.54. The number of hydrogen-bond acceptors (Lipinski definition) is 2. The first-order valence-corrected chi connectivity index (χ1v) is 10.7. The van der Waals surface area contributed by atoms with Gasteiger partial charge in [0.15, 0.2) is 0 Å². The van der Waals surface area contributed by atoms with E-state index in [9.17, 15) is 0 Å². The maximum absolute atomic E-state index is 6.61. The van der Waals surface area contributed by atoms with E-state index in [1.54, 1.807) is 0 Å². The van der Waals surface area contributed by atoms with Crippen LogP contribution >= 0.6 is 0 Å². The van der Waals surface area contributed by atoms with Crippen molar-refractivity contribution < 1.29 is 4.48 Å². The molecule has 0 aliphatic carbocycles. The maximum atomic E-state index is 6.61. The molecule has 1 heterocycles. The van der Waals surface area contributed by atoms with Crippen LogP contribution in [0.4, 0.5) is 0 Å². The highest BCUT2D eigenvalue weighted by Crippen LogP contribution is 2.27. The predicted molar refractivity (Wildman–Crippen MR) is 107 cm³/mol. The smallest absolute Gasteiger partial charge is 0.132 e. The molecule has 1 fully saturated rings. The Morgan fingerprint density at radius 1 is 0.958 bits per heavy atom. The lowest BCUT2D eigenvalue weighted by Crippen LogP contribution is -2.71. The molecule has 0 aromatic rings. The van der Waals surface area contributed by atoms with E-state index in [1.165, 1.54) is 68.9 Å². The van der Waals surface area contributed by atoms with Crippen LogP contribution in [-0.4, -0.2) is 42.9 Å². The van der Waals surface area contributed by atoms with Crippen molar-refractivity contribution >= 4 is 0 Å². The molecule has 3 heteroatoms. The van der Waals surface area contributed by atoms with Gasteiger partial charge in [-0.3, -0.25) is 5.32 Å². The second-order valence-corrected chi connectivity index (χ2v) is 8.94. The fourth-order valence-corrected chi connectivity index (χ4v) is 4.72. The summed E-state index contributed by atoms with van der Waals surface area (Å²) in [5, 5.41) is 3.68. The second kappa shape index (κ2) is 10.8. The molecule has 0 bridgehead atoms. The lowest BCUT2D eigenvalue weighted by molar-refractivity contribution is -0.944. The number of nitrogens with one attached hydrogen (secondary N) is 1. The summed E-state index contributed by atoms with van der Waals surface area (Å²) in [6, 6.07) is 0. The third kappa shape index (κ3) is 7.41. The third-order valence-electron chi connectivity index (χ3n) is 6.05. The van der Waals surface area contributed by atoms with Crippen LogP contribution in [0.1, 0.15) is 86.0 Å². The van der Waals surface area contributed by atoms with Gasteiger partial charge in [-0.1, -0.05) is 53.4 Å². The Morgan fingerprint density at radius 3 is 1.83 bits per heavy atom. The first-order chi connectivity index (χ1) is 11.4. The zero-order chi connectivity index (χ0) is 18.1. The molecule has 1 aliphatic rings. The fraction of sp³-hybridized carbons (Fsp3) is 1.00. The molecule has 144 valence electrons. The van der Waals surface area contributed by atoms with E-state index in [0.717, 1.165) is 31.6 Å². The van der Waals surface area contributed by atoms with E-state index in [0.29, 0.717) is 0 Å². The van der Waals surface area contributed by atoms with Crippen molar-refractivity contribution in [1.29, 1.82) is 0 Å². The van der Waals surface area contributed by atoms with Crippen LogP contribution in [0.25, 0.3) is 0 Å². The zero-order valence-corrected chi connectivity index (χ0v) is 17.4. The Balaban J connectivity index is 2.85. The minimum atomic E-state index is -0.0651. The highest BCUT2D eigenvalue weighted by Gasteiger charge is 2.41. The van der Waals surface area contributed by atoms with Crippen molar-refractivity contribution in [1.82, 2.24) is 5.32 Å². The Kier molecular flexibility index (Phi) is 9.84. The van der Waals surface area contributed by atoms with Gasteiger partial charge in [0.05, 0.1) is 25.2 Å². The normalized spacial score (nSPS) is 30.2. The van der Waals surface area contributed by atoms with Crippen molar-refractivity contribution in [3.63, 3.8) is 0 Å². The lowest BCUT2D eigenvalue weighted by atomic mass is 9.90. The number of rotatable bonds is 12. The Morgan fingerprint density at radius 2 is 1.46 bits per heavy atom. The van der Waals surface area contributed by atoms with Crippen molar-refractivity contribution in [3.05, 3.63) is 0 Å². The Labute approximate surface area is 152 Å². The van der Waals surface area contributed by atoms with Crippen LogP contribution in [0.2, 0.25) is 0 Å². The average molecular weight is 341 g/mol. The van der Waals surface area contributed by atoms with Gasteiger partial charge in [0, 0.05) is 18.4 Å². The van der Waals surface area contributed by atoms with Gasteiger partial charge in [0.1, 0.15) is 6.67 Å². The second-order valence-electron chi connectivity index (χ2n) is 8.94. The Hall–Kier alpha value is -0.120. The SMILES string of the molecule is CCCCC(CC)C[N+]1(CC(CC)CCCC)CNCC(C)(N)C1. The summed E-state index contributed by atoms with van der Waals surface area (Å²) in [6.45, 7) is 17.5. The Bertz CT molecular complexity index is 309. The lowest BCUT2D eigenvalue weighted by Gasteiger charge is -2.50. The number of nitrogens with zero attached hydrogens (tertiary/aromatic N) is 1. The van der Waals surface area contributed by atoms with Gasteiger partial charge < -0.3 is 10.2 Å². The molecule has 0 radical (unpaired) electrons. The highest BCUT2D eigenvalue weighted by atomic mass is 15.4. The van der Waals surface area contributed by atoms with Gasteiger partial charge >= 0.3 is 0 Å². The molecule has 0 saturated carbocycles. The fourth-order valence-electron chi connectivity index (χ4n) is 4.72. The molecular formula is C21H46N3+. The molecule has 1 saturated heterocycles. The summed E-state index contributed by atoms with van der Waals surface area (Å²) < 4.78 is 1.21. The van der Waals surface area contributed by atoms with Gasteiger partial charge in [-0.2, -0.15) is 0 Å². The topological polar surface area (TPSA) is 38.0 Å². The van der Waals surface area contributed by atoms with E-state index in [1.807, 2.05) is 0 Å². The molecule has 0 aromatic carbocycles. The van der Waals surface area contributed by atoms with Crippen LogP contribution in [0.5, 0.6) is 0 Å². The van der Waals surface area contributed by atoms with E-state index in [-0.39, 0.29) is 5.54 Å². The molecular weight excluding hydrogens is 294 g/mol. The summed E-state index contributed by atoms with van der Waals surface area (Å²) in [7, 11) is 0. The van der Waals surface area contributed by atoms with Gasteiger partial charge in [-0.05, 0) is 32.6 Å². The average Bonchev–Trinajstić information content (AvgIpc) is 2.54. The van der Waals surface area contributed by atoms with E-state index in [2.05, 4.69) is 39.9 Å². The minimum Gasteiger partial charge on any atom is -0.320 e. The maximum Gasteiger partial charge on any atom is 0.132 e. The molecule has 3 nitrogen and oxygen atoms in total. The van der Waals surface area contributed by atoms with E-state index in [4.69, 9.17) is 5.73 Å². The predicted octanol–water partition coefficient (Wildman–Crippen LogP) is 4.51. The molecule has 1 rings (SSSR count). The third-order valence-corrected chi connectivity index (χ3v) is 6.05. The van der Waals surface area contributed by atoms with E-state index < -0.39 is 0 Å². The number of unbranched alkanes of at least 4 members (excludes halogenated alkanes) is 2. The summed E-state index contributed by atoms with van der Waals surface area (Å²) in [6.07, 6.45) is 10.8. The van der Waals surface area contributed by atoms with Crippen molar-refractivity contribution in [2.75, 3.05) is 32.8 Å². The minimum absolute atomic E-state index is 0.0651. The van der Waals surface area contributed by atoms with Crippen LogP contribution in [0.3, 0.4) is 0 Å². The zero-order valence-electron chi connectivity index (χ0n) is 17.4. The van der Waals surface area contributed by atoms with Crippen LogP contribution in [0, 0.1) is 11.8 Å². The monoisotopic (exact) mass is 340 g/mol. The van der Waals surface area contributed by atoms with Crippen molar-refractivity contribution in [2.45, 2.75) is 91.5 Å². The summed E-state index contributed by atoms with van der Waals surface area (Å²) in [5.74, 6) is 1.70. The van der Waals surface area contributed by atoms with E-state index >= 15 is 0 Å². The van der Waals surface area contributed by atoms with Crippen LogP contribution < -0.4 is 11.1 Å². The molecule has 3 atom stereocenters. The highest BCUT2D eigenvalue weighted by molar-refractivity contribution is 4.84. The molecule has 0 aromatic heterocycles. The summed E-state index contributed by atoms with van der Waals surface area (Å²) >= 11 is 0. The van der Waals surface area contributed by atoms with Crippen LogP contribution in [0.15, 0.2) is 0 Å². The number of nitrogens with two attached hydrogens (primary N) is 1.